The van der Waals surface area contributed by atoms with Crippen LogP contribution in [0.25, 0.3) is 5.57 Å². The Morgan fingerprint density at radius 2 is 1.65 bits per heavy atom. The predicted molar refractivity (Wildman–Crippen MR) is 75.9 cm³/mol. The summed E-state index contributed by atoms with van der Waals surface area (Å²) in [4.78, 5) is 0. The molecule has 0 amide bonds. The van der Waals surface area contributed by atoms with Gasteiger partial charge in [-0.1, -0.05) is 74.2 Å². The van der Waals surface area contributed by atoms with Crippen LogP contribution in [0, 0.1) is 0 Å². The lowest BCUT2D eigenvalue weighted by atomic mass is 9.99. The quantitative estimate of drug-likeness (QED) is 0.633. The minimum Gasteiger partial charge on any atom is -0.0655 e. The number of benzene rings is 1. The third-order valence-corrected chi connectivity index (χ3v) is 3.38. The molecule has 0 fully saturated rings. The minimum atomic E-state index is 1.21. The molecular weight excluding hydrogens is 204 g/mol. The smallest absolute Gasteiger partial charge is 0.00959 e. The van der Waals surface area contributed by atoms with Gasteiger partial charge in [0.15, 0.2) is 0 Å². The lowest BCUT2D eigenvalue weighted by Gasteiger charge is -2.06. The third kappa shape index (κ3) is 2.88. The Bertz CT molecular complexity index is 421. The second-order valence-electron chi connectivity index (χ2n) is 4.86. The van der Waals surface area contributed by atoms with E-state index >= 15 is 0 Å². The van der Waals surface area contributed by atoms with Gasteiger partial charge < -0.3 is 0 Å². The fourth-order valence-electron chi connectivity index (χ4n) is 2.64. The summed E-state index contributed by atoms with van der Waals surface area (Å²) >= 11 is 0. The molecule has 90 valence electrons. The molecule has 0 unspecified atom stereocenters. The first-order valence-corrected chi connectivity index (χ1v) is 6.82. The summed E-state index contributed by atoms with van der Waals surface area (Å²) in [6.45, 7) is 4.54. The van der Waals surface area contributed by atoms with Crippen LogP contribution in [0.5, 0.6) is 0 Å². The highest BCUT2D eigenvalue weighted by atomic mass is 14.2. The first-order chi connectivity index (χ1) is 8.35. The van der Waals surface area contributed by atoms with E-state index in [4.69, 9.17) is 0 Å². The lowest BCUT2D eigenvalue weighted by molar-refractivity contribution is 0.833. The topological polar surface area (TPSA) is 0 Å². The molecule has 0 atom stereocenters. The molecule has 0 spiro atoms. The van der Waals surface area contributed by atoms with Crippen molar-refractivity contribution in [3.63, 3.8) is 0 Å². The van der Waals surface area contributed by atoms with Crippen LogP contribution in [0.15, 0.2) is 47.6 Å². The van der Waals surface area contributed by atoms with E-state index in [0.29, 0.717) is 0 Å². The molecule has 0 bridgehead atoms. The average molecular weight is 226 g/mol. The molecule has 0 heterocycles. The summed E-state index contributed by atoms with van der Waals surface area (Å²) in [7, 11) is 0. The average Bonchev–Trinajstić information content (AvgIpc) is 2.74. The van der Waals surface area contributed by atoms with Crippen molar-refractivity contribution in [2.45, 2.75) is 46.0 Å². The van der Waals surface area contributed by atoms with Gasteiger partial charge in [0.2, 0.25) is 0 Å². The van der Waals surface area contributed by atoms with Gasteiger partial charge in [0.25, 0.3) is 0 Å². The third-order valence-electron chi connectivity index (χ3n) is 3.38. The molecule has 0 N–H and O–H groups in total. The summed E-state index contributed by atoms with van der Waals surface area (Å²) in [5.74, 6) is 0. The maximum Gasteiger partial charge on any atom is -0.00959 e. The molecule has 1 aliphatic carbocycles. The predicted octanol–water partition coefficient (Wildman–Crippen LogP) is 5.37. The molecule has 0 heteroatoms. The van der Waals surface area contributed by atoms with Crippen molar-refractivity contribution in [1.82, 2.24) is 0 Å². The normalized spacial score (nSPS) is 15.3. The summed E-state index contributed by atoms with van der Waals surface area (Å²) in [6, 6.07) is 10.8. The maximum atomic E-state index is 2.43. The van der Waals surface area contributed by atoms with Crippen molar-refractivity contribution >= 4 is 5.57 Å². The van der Waals surface area contributed by atoms with Crippen LogP contribution in [0.2, 0.25) is 0 Å². The standard InChI is InChI=1S/C17H22/c1-3-8-14-12-16(9-4-2)17(13-14)15-10-6-5-7-11-15/h5-7,10-11,13H,3-4,8-9,12H2,1-2H3. The Morgan fingerprint density at radius 3 is 2.29 bits per heavy atom. The fourth-order valence-corrected chi connectivity index (χ4v) is 2.64. The Morgan fingerprint density at radius 1 is 0.941 bits per heavy atom. The van der Waals surface area contributed by atoms with Gasteiger partial charge in [0, 0.05) is 0 Å². The molecule has 0 nitrogen and oxygen atoms in total. The van der Waals surface area contributed by atoms with Crippen molar-refractivity contribution in [3.8, 4) is 0 Å². The van der Waals surface area contributed by atoms with Gasteiger partial charge in [-0.2, -0.15) is 0 Å². The van der Waals surface area contributed by atoms with Gasteiger partial charge in [-0.25, -0.2) is 0 Å². The van der Waals surface area contributed by atoms with Gasteiger partial charge >= 0.3 is 0 Å². The number of rotatable bonds is 5. The summed E-state index contributed by atoms with van der Waals surface area (Å²) in [5.41, 5.74) is 6.15. The van der Waals surface area contributed by atoms with Crippen LogP contribution in [0.1, 0.15) is 51.5 Å². The van der Waals surface area contributed by atoms with E-state index in [-0.39, 0.29) is 0 Å². The molecule has 2 rings (SSSR count). The SMILES string of the molecule is CCCC1=CC(c2ccccc2)=C(CCC)C1. The fraction of sp³-hybridized carbons (Fsp3) is 0.412. The van der Waals surface area contributed by atoms with Crippen molar-refractivity contribution in [2.24, 2.45) is 0 Å². The maximum absolute atomic E-state index is 2.43. The van der Waals surface area contributed by atoms with E-state index < -0.39 is 0 Å². The second kappa shape index (κ2) is 5.86. The molecule has 0 aliphatic heterocycles. The minimum absolute atomic E-state index is 1.21. The Labute approximate surface area is 105 Å². The van der Waals surface area contributed by atoms with Crippen LogP contribution in [0.3, 0.4) is 0 Å². The number of hydrogen-bond donors (Lipinski definition) is 0. The van der Waals surface area contributed by atoms with E-state index in [9.17, 15) is 0 Å². The van der Waals surface area contributed by atoms with Crippen LogP contribution >= 0.6 is 0 Å². The molecule has 1 aliphatic rings. The van der Waals surface area contributed by atoms with E-state index in [1.54, 1.807) is 11.1 Å². The molecule has 0 saturated carbocycles. The lowest BCUT2D eigenvalue weighted by Crippen LogP contribution is -1.85. The molecule has 0 aromatic heterocycles. The first-order valence-electron chi connectivity index (χ1n) is 6.82. The zero-order chi connectivity index (χ0) is 12.1. The highest BCUT2D eigenvalue weighted by Crippen LogP contribution is 2.36. The van der Waals surface area contributed by atoms with Crippen molar-refractivity contribution in [1.29, 1.82) is 0 Å². The van der Waals surface area contributed by atoms with Gasteiger partial charge in [0.1, 0.15) is 0 Å². The van der Waals surface area contributed by atoms with Gasteiger partial charge in [0.05, 0.1) is 0 Å². The highest BCUT2D eigenvalue weighted by Gasteiger charge is 2.15. The van der Waals surface area contributed by atoms with Crippen molar-refractivity contribution < 1.29 is 0 Å². The van der Waals surface area contributed by atoms with Gasteiger partial charge in [-0.15, -0.1) is 0 Å². The largest absolute Gasteiger partial charge is 0.0655 e. The second-order valence-corrected chi connectivity index (χ2v) is 4.86. The summed E-state index contributed by atoms with van der Waals surface area (Å²) in [5, 5.41) is 0. The summed E-state index contributed by atoms with van der Waals surface area (Å²) < 4.78 is 0. The number of allylic oxidation sites excluding steroid dienone is 4. The molecular formula is C17H22. The van der Waals surface area contributed by atoms with Crippen molar-refractivity contribution in [2.75, 3.05) is 0 Å². The van der Waals surface area contributed by atoms with Crippen LogP contribution in [-0.2, 0) is 0 Å². The molecule has 0 saturated heterocycles. The van der Waals surface area contributed by atoms with Crippen LogP contribution in [0.4, 0.5) is 0 Å². The van der Waals surface area contributed by atoms with Gasteiger partial charge in [-0.3, -0.25) is 0 Å². The first kappa shape index (κ1) is 12.2. The Kier molecular flexibility index (Phi) is 4.19. The molecule has 1 aromatic rings. The zero-order valence-corrected chi connectivity index (χ0v) is 11.0. The molecule has 0 radical (unpaired) electrons. The van der Waals surface area contributed by atoms with E-state index in [0.717, 1.165) is 0 Å². The zero-order valence-electron chi connectivity index (χ0n) is 11.0. The van der Waals surface area contributed by atoms with Crippen LogP contribution < -0.4 is 0 Å². The Balaban J connectivity index is 2.27. The van der Waals surface area contributed by atoms with E-state index in [1.165, 1.54) is 43.2 Å². The van der Waals surface area contributed by atoms with Crippen molar-refractivity contribution in [3.05, 3.63) is 53.1 Å². The monoisotopic (exact) mass is 226 g/mol. The van der Waals surface area contributed by atoms with Gasteiger partial charge in [-0.05, 0) is 30.4 Å². The highest BCUT2D eigenvalue weighted by molar-refractivity contribution is 5.80. The van der Waals surface area contributed by atoms with Crippen LogP contribution in [-0.4, -0.2) is 0 Å². The van der Waals surface area contributed by atoms with E-state index in [1.807, 2.05) is 0 Å². The number of hydrogen-bond acceptors (Lipinski definition) is 0. The molecule has 17 heavy (non-hydrogen) atoms. The van der Waals surface area contributed by atoms with E-state index in [2.05, 4.69) is 50.3 Å². The summed E-state index contributed by atoms with van der Waals surface area (Å²) in [6.07, 6.45) is 8.65. The molecule has 1 aromatic carbocycles. The Hall–Kier alpha value is -1.30.